The van der Waals surface area contributed by atoms with Crippen LogP contribution in [-0.2, 0) is 16.4 Å². The quantitative estimate of drug-likeness (QED) is 0.546. The first kappa shape index (κ1) is 21.4. The van der Waals surface area contributed by atoms with Gasteiger partial charge >= 0.3 is 0 Å². The number of furan rings is 1. The molecule has 0 N–H and O–H groups in total. The lowest BCUT2D eigenvalue weighted by atomic mass is 10.1. The van der Waals surface area contributed by atoms with Gasteiger partial charge < -0.3 is 14.1 Å². The van der Waals surface area contributed by atoms with Gasteiger partial charge in [0, 0.05) is 23.5 Å². The van der Waals surface area contributed by atoms with Crippen molar-refractivity contribution in [3.63, 3.8) is 0 Å². The molecule has 7 heteroatoms. The number of hydrogen-bond donors (Lipinski definition) is 0. The second kappa shape index (κ2) is 8.75. The predicted molar refractivity (Wildman–Crippen MR) is 120 cm³/mol. The Hall–Kier alpha value is -2.80. The van der Waals surface area contributed by atoms with Gasteiger partial charge in [0.05, 0.1) is 11.5 Å². The van der Waals surface area contributed by atoms with Gasteiger partial charge in [0.25, 0.3) is 5.91 Å². The summed E-state index contributed by atoms with van der Waals surface area (Å²) in [5, 5.41) is 0.824. The van der Waals surface area contributed by atoms with Crippen LogP contribution >= 0.6 is 0 Å². The Bertz CT molecular complexity index is 1170. The van der Waals surface area contributed by atoms with Crippen LogP contribution in [0.2, 0.25) is 0 Å². The first-order valence-electron chi connectivity index (χ1n) is 10.5. The second-order valence-electron chi connectivity index (χ2n) is 8.42. The molecule has 1 aromatic heterocycles. The summed E-state index contributed by atoms with van der Waals surface area (Å²) in [7, 11) is -3.12. The molecule has 0 bridgehead atoms. The van der Waals surface area contributed by atoms with Gasteiger partial charge in [0.1, 0.15) is 17.9 Å². The molecule has 0 aliphatic carbocycles. The van der Waals surface area contributed by atoms with Gasteiger partial charge in [-0.3, -0.25) is 4.79 Å². The smallest absolute Gasteiger partial charge is 0.290 e. The Kier molecular flexibility index (Phi) is 6.05. The van der Waals surface area contributed by atoms with Gasteiger partial charge in [0.2, 0.25) is 0 Å². The van der Waals surface area contributed by atoms with Crippen molar-refractivity contribution in [2.45, 2.75) is 32.9 Å². The molecular formula is C24H27NO5S. The van der Waals surface area contributed by atoms with Gasteiger partial charge in [-0.15, -0.1) is 0 Å². The summed E-state index contributed by atoms with van der Waals surface area (Å²) in [4.78, 5) is 15.3. The number of hydrogen-bond acceptors (Lipinski definition) is 5. The second-order valence-corrected chi connectivity index (χ2v) is 10.6. The van der Waals surface area contributed by atoms with E-state index in [2.05, 4.69) is 0 Å². The van der Waals surface area contributed by atoms with Crippen LogP contribution in [0.15, 0.2) is 59.0 Å². The minimum Gasteiger partial charge on any atom is -0.489 e. The average molecular weight is 442 g/mol. The first-order valence-corrected chi connectivity index (χ1v) is 12.4. The minimum atomic E-state index is -3.12. The largest absolute Gasteiger partial charge is 0.489 e. The molecule has 2 heterocycles. The highest BCUT2D eigenvalue weighted by molar-refractivity contribution is 7.91. The Morgan fingerprint density at radius 1 is 1.13 bits per heavy atom. The molecule has 3 aromatic rings. The topological polar surface area (TPSA) is 76.8 Å². The van der Waals surface area contributed by atoms with Gasteiger partial charge in [-0.05, 0) is 30.5 Å². The summed E-state index contributed by atoms with van der Waals surface area (Å²) in [6, 6.07) is 16.6. The van der Waals surface area contributed by atoms with Gasteiger partial charge in [-0.2, -0.15) is 0 Å². The fourth-order valence-electron chi connectivity index (χ4n) is 4.03. The van der Waals surface area contributed by atoms with Gasteiger partial charge in [-0.1, -0.05) is 50.2 Å². The van der Waals surface area contributed by atoms with E-state index in [4.69, 9.17) is 9.15 Å². The number of para-hydroxylation sites is 2. The van der Waals surface area contributed by atoms with Crippen molar-refractivity contribution in [2.24, 2.45) is 5.92 Å². The van der Waals surface area contributed by atoms with Crippen molar-refractivity contribution >= 4 is 26.7 Å². The number of amides is 1. The van der Waals surface area contributed by atoms with E-state index < -0.39 is 9.84 Å². The molecule has 1 fully saturated rings. The summed E-state index contributed by atoms with van der Waals surface area (Å²) < 4.78 is 36.1. The normalized spacial score (nSPS) is 17.8. The number of benzene rings is 2. The van der Waals surface area contributed by atoms with Crippen molar-refractivity contribution in [2.75, 3.05) is 18.1 Å². The lowest BCUT2D eigenvalue weighted by molar-refractivity contribution is 0.0638. The monoisotopic (exact) mass is 441 g/mol. The number of fused-ring (bicyclic) bond motifs is 1. The number of sulfone groups is 1. The third kappa shape index (κ3) is 4.77. The predicted octanol–water partition coefficient (Wildman–Crippen LogP) is 4.30. The van der Waals surface area contributed by atoms with Crippen molar-refractivity contribution in [3.05, 3.63) is 65.9 Å². The summed E-state index contributed by atoms with van der Waals surface area (Å²) in [5.41, 5.74) is 1.29. The highest BCUT2D eigenvalue weighted by Crippen LogP contribution is 2.30. The van der Waals surface area contributed by atoms with E-state index in [0.717, 1.165) is 5.39 Å². The summed E-state index contributed by atoms with van der Waals surface area (Å²) in [6.45, 7) is 4.68. The van der Waals surface area contributed by atoms with Gasteiger partial charge in [0.15, 0.2) is 15.6 Å². The Morgan fingerprint density at radius 2 is 1.84 bits per heavy atom. The SMILES string of the molecule is CC(C)CN(C(=O)c1oc2ccccc2c1COc1ccccc1)[C@@H]1CCS(=O)(=O)C1. The van der Waals surface area contributed by atoms with E-state index in [1.807, 2.05) is 68.4 Å². The molecule has 0 saturated carbocycles. The minimum absolute atomic E-state index is 0.00152. The van der Waals surface area contributed by atoms with Crippen LogP contribution < -0.4 is 4.74 Å². The standard InChI is InChI=1S/C24H27NO5S/c1-17(2)14-25(18-12-13-31(27,28)16-18)24(26)23-21(15-29-19-8-4-3-5-9-19)20-10-6-7-11-22(20)30-23/h3-11,17-18H,12-16H2,1-2H3/t18-/m1/s1. The number of ether oxygens (including phenoxy) is 1. The number of carbonyl (C=O) groups excluding carboxylic acids is 1. The van der Waals surface area contributed by atoms with Crippen molar-refractivity contribution < 1.29 is 22.4 Å². The lowest BCUT2D eigenvalue weighted by Gasteiger charge is -2.29. The Balaban J connectivity index is 1.69. The molecule has 1 amide bonds. The first-order chi connectivity index (χ1) is 14.8. The van der Waals surface area contributed by atoms with Crippen LogP contribution in [0.3, 0.4) is 0 Å². The summed E-state index contributed by atoms with van der Waals surface area (Å²) in [6.07, 6.45) is 0.455. The lowest BCUT2D eigenvalue weighted by Crippen LogP contribution is -2.43. The highest BCUT2D eigenvalue weighted by atomic mass is 32.2. The zero-order valence-electron chi connectivity index (χ0n) is 17.8. The molecule has 1 aliphatic rings. The van der Waals surface area contributed by atoms with Crippen LogP contribution in [0.1, 0.15) is 36.4 Å². The van der Waals surface area contributed by atoms with E-state index >= 15 is 0 Å². The molecular weight excluding hydrogens is 414 g/mol. The molecule has 31 heavy (non-hydrogen) atoms. The van der Waals surface area contributed by atoms with Crippen molar-refractivity contribution in [3.8, 4) is 5.75 Å². The van der Waals surface area contributed by atoms with E-state index in [9.17, 15) is 13.2 Å². The molecule has 6 nitrogen and oxygen atoms in total. The summed E-state index contributed by atoms with van der Waals surface area (Å²) >= 11 is 0. The zero-order valence-corrected chi connectivity index (χ0v) is 18.6. The molecule has 2 aromatic carbocycles. The van der Waals surface area contributed by atoms with Crippen LogP contribution in [0, 0.1) is 5.92 Å². The van der Waals surface area contributed by atoms with Crippen LogP contribution in [-0.4, -0.2) is 43.3 Å². The molecule has 1 aliphatic heterocycles. The molecule has 0 spiro atoms. The third-order valence-electron chi connectivity index (χ3n) is 5.49. The van der Waals surface area contributed by atoms with E-state index in [1.54, 1.807) is 4.90 Å². The number of rotatable bonds is 7. The summed E-state index contributed by atoms with van der Waals surface area (Å²) in [5.74, 6) is 0.957. The van der Waals surface area contributed by atoms with Crippen molar-refractivity contribution in [1.29, 1.82) is 0 Å². The number of carbonyl (C=O) groups is 1. The fourth-order valence-corrected chi connectivity index (χ4v) is 5.76. The van der Waals surface area contributed by atoms with Crippen molar-refractivity contribution in [1.82, 2.24) is 4.90 Å². The molecule has 4 rings (SSSR count). The van der Waals surface area contributed by atoms with E-state index in [0.29, 0.717) is 29.9 Å². The maximum absolute atomic E-state index is 13.7. The number of nitrogens with zero attached hydrogens (tertiary/aromatic N) is 1. The van der Waals surface area contributed by atoms with Crippen LogP contribution in [0.5, 0.6) is 5.75 Å². The van der Waals surface area contributed by atoms with Gasteiger partial charge in [-0.25, -0.2) is 8.42 Å². The average Bonchev–Trinajstić information content (AvgIpc) is 3.30. The zero-order chi connectivity index (χ0) is 22.0. The maximum Gasteiger partial charge on any atom is 0.290 e. The molecule has 1 atom stereocenters. The fraction of sp³-hybridized carbons (Fsp3) is 0.375. The van der Waals surface area contributed by atoms with E-state index in [-0.39, 0.29) is 41.7 Å². The maximum atomic E-state index is 13.7. The van der Waals surface area contributed by atoms with Crippen LogP contribution in [0.25, 0.3) is 11.0 Å². The van der Waals surface area contributed by atoms with E-state index in [1.165, 1.54) is 0 Å². The molecule has 1 saturated heterocycles. The Labute approximate surface area is 182 Å². The third-order valence-corrected chi connectivity index (χ3v) is 7.24. The highest BCUT2D eigenvalue weighted by Gasteiger charge is 2.37. The molecule has 164 valence electrons. The van der Waals surface area contributed by atoms with Crippen LogP contribution in [0.4, 0.5) is 0 Å². The molecule has 0 radical (unpaired) electrons. The Morgan fingerprint density at radius 3 is 2.52 bits per heavy atom. The molecule has 0 unspecified atom stereocenters.